The van der Waals surface area contributed by atoms with E-state index in [0.717, 1.165) is 44.7 Å². The van der Waals surface area contributed by atoms with Crippen LogP contribution in [-0.2, 0) is 4.79 Å². The van der Waals surface area contributed by atoms with Crippen LogP contribution in [0.3, 0.4) is 0 Å². The third-order valence-corrected chi connectivity index (χ3v) is 7.34. The topological polar surface area (TPSA) is 180 Å². The third-order valence-electron chi connectivity index (χ3n) is 7.34. The lowest BCUT2D eigenvalue weighted by Gasteiger charge is -2.23. The maximum Gasteiger partial charge on any atom is 0.323 e. The maximum absolute atomic E-state index is 13.0. The molecule has 0 spiro atoms. The van der Waals surface area contributed by atoms with Crippen molar-refractivity contribution in [2.24, 2.45) is 10.1 Å². The Morgan fingerprint density at radius 2 is 1.84 bits per heavy atom. The van der Waals surface area contributed by atoms with Crippen molar-refractivity contribution in [3.63, 3.8) is 0 Å². The normalized spacial score (nSPS) is 16.3. The summed E-state index contributed by atoms with van der Waals surface area (Å²) in [6.45, 7) is 2.52. The zero-order valence-electron chi connectivity index (χ0n) is 23.6. The lowest BCUT2D eigenvalue weighted by atomic mass is 10.1. The van der Waals surface area contributed by atoms with Crippen LogP contribution in [0.25, 0.3) is 11.0 Å². The summed E-state index contributed by atoms with van der Waals surface area (Å²) in [7, 11) is 0. The van der Waals surface area contributed by atoms with E-state index in [4.69, 9.17) is 4.74 Å². The smallest absolute Gasteiger partial charge is 0.323 e. The highest BCUT2D eigenvalue weighted by Crippen LogP contribution is 2.24. The van der Waals surface area contributed by atoms with Gasteiger partial charge in [0.1, 0.15) is 17.6 Å². The van der Waals surface area contributed by atoms with Crippen LogP contribution in [0.5, 0.6) is 11.5 Å². The van der Waals surface area contributed by atoms with Crippen LogP contribution in [0.2, 0.25) is 0 Å². The first-order valence-electron chi connectivity index (χ1n) is 14.2. The van der Waals surface area contributed by atoms with Crippen molar-refractivity contribution < 1.29 is 14.3 Å². The molecule has 2 amide bonds. The summed E-state index contributed by atoms with van der Waals surface area (Å²) in [5.74, 6) is 1.34. The van der Waals surface area contributed by atoms with Crippen molar-refractivity contribution >= 4 is 45.8 Å². The van der Waals surface area contributed by atoms with Crippen molar-refractivity contribution in [3.05, 3.63) is 82.8 Å². The highest BCUT2D eigenvalue weighted by molar-refractivity contribution is 6.48. The minimum Gasteiger partial charge on any atom is -0.457 e. The number of aromatic nitrogens is 2. The number of aliphatic imine (C=N–C) groups is 1. The van der Waals surface area contributed by atoms with Gasteiger partial charge in [-0.2, -0.15) is 10.4 Å². The zero-order chi connectivity index (χ0) is 30.5. The van der Waals surface area contributed by atoms with Crippen LogP contribution in [0.1, 0.15) is 29.6 Å². The van der Waals surface area contributed by atoms with Gasteiger partial charge in [0.2, 0.25) is 5.71 Å². The fraction of sp³-hybridized carbons (Fsp3) is 0.226. The Labute approximate surface area is 251 Å². The Morgan fingerprint density at radius 3 is 2.68 bits per heavy atom. The van der Waals surface area contributed by atoms with E-state index in [1.54, 1.807) is 72.8 Å². The van der Waals surface area contributed by atoms with E-state index in [2.05, 4.69) is 41.0 Å². The quantitative estimate of drug-likeness (QED) is 0.153. The lowest BCUT2D eigenvalue weighted by molar-refractivity contribution is -0.110. The number of imidazole rings is 1. The molecule has 2 aliphatic heterocycles. The first-order valence-corrected chi connectivity index (χ1v) is 14.2. The summed E-state index contributed by atoms with van der Waals surface area (Å²) in [5.41, 5.74) is 4.49. The Hall–Kier alpha value is -5.90. The van der Waals surface area contributed by atoms with Gasteiger partial charge in [0.05, 0.1) is 29.1 Å². The SMILES string of the molecule is N#C/C(=N/Nc1ccc(Oc2cccc(C(=O)NC3CCCC4=NCCN4C3)c2)cc1)C(=O)Nc1ccc2[nH]c(=O)[nH]c2c1. The summed E-state index contributed by atoms with van der Waals surface area (Å²) in [6, 6.07) is 20.4. The van der Waals surface area contributed by atoms with Gasteiger partial charge in [-0.05, 0) is 73.5 Å². The molecule has 0 aliphatic carbocycles. The monoisotopic (exact) mass is 591 g/mol. The number of nitrogens with zero attached hydrogens (tertiary/aromatic N) is 4. The Balaban J connectivity index is 1.04. The molecule has 1 atom stereocenters. The predicted molar refractivity (Wildman–Crippen MR) is 166 cm³/mol. The largest absolute Gasteiger partial charge is 0.457 e. The van der Waals surface area contributed by atoms with Gasteiger partial charge in [-0.15, -0.1) is 0 Å². The average molecular weight is 592 g/mol. The first-order chi connectivity index (χ1) is 21.4. The predicted octanol–water partition coefficient (Wildman–Crippen LogP) is 3.58. The zero-order valence-corrected chi connectivity index (χ0v) is 23.6. The van der Waals surface area contributed by atoms with Crippen molar-refractivity contribution in [2.45, 2.75) is 25.3 Å². The number of ether oxygens (including phenoxy) is 1. The van der Waals surface area contributed by atoms with Gasteiger partial charge in [0.25, 0.3) is 11.8 Å². The van der Waals surface area contributed by atoms with E-state index >= 15 is 0 Å². The standard InChI is InChI=1S/C31H29N9O4/c32-17-27(30(42)34-21-9-12-25-26(16-21)37-31(43)36-25)39-38-20-7-10-23(11-8-20)44-24-5-1-3-19(15-24)29(41)35-22-4-2-6-28-33-13-14-40(28)18-22/h1,3,5,7-12,15-16,22,38H,2,4,6,13-14,18H2,(H,34,42)(H,35,41)(H2,36,37,43)/b39-27-. The van der Waals surface area contributed by atoms with E-state index in [1.807, 2.05) is 0 Å². The maximum atomic E-state index is 13.0. The van der Waals surface area contributed by atoms with Gasteiger partial charge < -0.3 is 30.2 Å². The minimum absolute atomic E-state index is 0.0639. The molecule has 1 aromatic heterocycles. The molecule has 13 nitrogen and oxygen atoms in total. The minimum atomic E-state index is -0.713. The van der Waals surface area contributed by atoms with Crippen LogP contribution in [0, 0.1) is 11.3 Å². The molecule has 4 aromatic rings. The number of amides is 2. The van der Waals surface area contributed by atoms with Gasteiger partial charge in [-0.1, -0.05) is 6.07 Å². The molecule has 13 heteroatoms. The molecule has 1 unspecified atom stereocenters. The van der Waals surface area contributed by atoms with E-state index in [9.17, 15) is 19.6 Å². The molecule has 0 saturated carbocycles. The number of amidine groups is 1. The molecule has 44 heavy (non-hydrogen) atoms. The van der Waals surface area contributed by atoms with E-state index in [0.29, 0.717) is 39.5 Å². The van der Waals surface area contributed by atoms with Crippen LogP contribution >= 0.6 is 0 Å². The van der Waals surface area contributed by atoms with Crippen molar-refractivity contribution in [3.8, 4) is 17.6 Å². The van der Waals surface area contributed by atoms with Gasteiger partial charge in [-0.3, -0.25) is 20.0 Å². The second kappa shape index (κ2) is 12.5. The van der Waals surface area contributed by atoms with Crippen LogP contribution in [0.15, 0.2) is 81.6 Å². The summed E-state index contributed by atoms with van der Waals surface area (Å²) < 4.78 is 5.97. The number of fused-ring (bicyclic) bond motifs is 2. The molecule has 3 heterocycles. The van der Waals surface area contributed by atoms with Crippen molar-refractivity contribution in [1.82, 2.24) is 20.2 Å². The number of hydrazone groups is 1. The fourth-order valence-electron chi connectivity index (χ4n) is 5.20. The van der Waals surface area contributed by atoms with Gasteiger partial charge in [-0.25, -0.2) is 4.79 Å². The number of rotatable bonds is 8. The summed E-state index contributed by atoms with van der Waals surface area (Å²) in [6.07, 6.45) is 2.87. The summed E-state index contributed by atoms with van der Waals surface area (Å²) >= 11 is 0. The number of hydrogen-bond donors (Lipinski definition) is 5. The van der Waals surface area contributed by atoms with Crippen LogP contribution in [0.4, 0.5) is 11.4 Å². The highest BCUT2D eigenvalue weighted by Gasteiger charge is 2.25. The number of hydrogen-bond acceptors (Lipinski definition) is 9. The molecule has 222 valence electrons. The molecule has 1 fully saturated rings. The number of carbonyl (C=O) groups is 2. The molecular formula is C31H29N9O4. The van der Waals surface area contributed by atoms with Crippen LogP contribution in [-0.4, -0.2) is 63.9 Å². The van der Waals surface area contributed by atoms with Crippen molar-refractivity contribution in [2.75, 3.05) is 30.4 Å². The molecule has 0 radical (unpaired) electrons. The lowest BCUT2D eigenvalue weighted by Crippen LogP contribution is -2.43. The summed E-state index contributed by atoms with van der Waals surface area (Å²) in [4.78, 5) is 49.1. The molecular weight excluding hydrogens is 562 g/mol. The highest BCUT2D eigenvalue weighted by atomic mass is 16.5. The molecule has 2 aliphatic rings. The van der Waals surface area contributed by atoms with Gasteiger partial charge >= 0.3 is 5.69 Å². The number of H-pyrrole nitrogens is 2. The fourth-order valence-corrected chi connectivity index (χ4v) is 5.20. The second-order valence-corrected chi connectivity index (χ2v) is 10.4. The Bertz CT molecular complexity index is 1870. The number of nitrogens with one attached hydrogen (secondary N) is 5. The van der Waals surface area contributed by atoms with Gasteiger partial charge in [0.15, 0.2) is 0 Å². The van der Waals surface area contributed by atoms with Crippen molar-refractivity contribution in [1.29, 1.82) is 5.26 Å². The summed E-state index contributed by atoms with van der Waals surface area (Å²) in [5, 5.41) is 19.1. The Kier molecular flexibility index (Phi) is 8.04. The molecule has 3 aromatic carbocycles. The molecule has 1 saturated heterocycles. The van der Waals surface area contributed by atoms with E-state index in [-0.39, 0.29) is 23.4 Å². The average Bonchev–Trinajstić information content (AvgIpc) is 3.57. The number of benzene rings is 3. The number of nitriles is 1. The first kappa shape index (κ1) is 28.2. The number of carbonyl (C=O) groups excluding carboxylic acids is 2. The van der Waals surface area contributed by atoms with Gasteiger partial charge in [0, 0.05) is 36.8 Å². The number of aromatic amines is 2. The van der Waals surface area contributed by atoms with E-state index in [1.165, 1.54) is 0 Å². The molecule has 0 bridgehead atoms. The van der Waals surface area contributed by atoms with Crippen LogP contribution < -0.4 is 26.5 Å². The molecule has 5 N–H and O–H groups in total. The molecule has 6 rings (SSSR count). The number of anilines is 2. The Morgan fingerprint density at radius 1 is 1.02 bits per heavy atom. The van der Waals surface area contributed by atoms with E-state index < -0.39 is 5.91 Å². The second-order valence-electron chi connectivity index (χ2n) is 10.4. The third kappa shape index (κ3) is 6.60.